The summed E-state index contributed by atoms with van der Waals surface area (Å²) in [7, 11) is 0.134. The van der Waals surface area contributed by atoms with Gasteiger partial charge in [0.15, 0.2) is 0 Å². The van der Waals surface area contributed by atoms with Crippen molar-refractivity contribution in [3.63, 3.8) is 0 Å². The van der Waals surface area contributed by atoms with Gasteiger partial charge in [-0.15, -0.1) is 0 Å². The molecule has 0 amide bonds. The van der Waals surface area contributed by atoms with Crippen LogP contribution in [-0.4, -0.2) is 8.58 Å². The second-order valence-corrected chi connectivity index (χ2v) is 0.816. The molecule has 0 aromatic heterocycles. The van der Waals surface area contributed by atoms with Gasteiger partial charge in [0.2, 0.25) is 0 Å². The Hall–Kier alpha value is 0.0649. The standard InChI is InChI=1S/C3H9B/c1-3-4-2/h4H,3H2,1-2H3/i4D. The minimum Gasteiger partial charge on any atom is -0.0893 e. The summed E-state index contributed by atoms with van der Waals surface area (Å²) >= 11 is 0. The molecular formula is C3H9B. The molecule has 0 rings (SSSR count). The van der Waals surface area contributed by atoms with Crippen LogP contribution in [0.3, 0.4) is 0 Å². The van der Waals surface area contributed by atoms with Crippen LogP contribution >= 0.6 is 0 Å². The highest BCUT2D eigenvalue weighted by Gasteiger charge is 1.61. The van der Waals surface area contributed by atoms with Crippen LogP contribution in [0.15, 0.2) is 0 Å². The second-order valence-electron chi connectivity index (χ2n) is 0.816. The summed E-state index contributed by atoms with van der Waals surface area (Å²) in [5.41, 5.74) is 0. The largest absolute Gasteiger partial charge is 0.117 e. The molecule has 0 spiro atoms. The Labute approximate surface area is 29.8 Å². The van der Waals surface area contributed by atoms with Crippen LogP contribution in [0, 0.1) is 0 Å². The van der Waals surface area contributed by atoms with Crippen molar-refractivity contribution in [1.29, 1.82) is 1.34 Å². The van der Waals surface area contributed by atoms with E-state index in [1.807, 2.05) is 13.7 Å². The normalized spacial score (nSPS) is 10.0. The summed E-state index contributed by atoms with van der Waals surface area (Å²) in [4.78, 5) is 0. The van der Waals surface area contributed by atoms with Crippen LogP contribution in [0.5, 0.6) is 0 Å². The van der Waals surface area contributed by atoms with E-state index in [4.69, 9.17) is 1.34 Å². The third-order valence-corrected chi connectivity index (χ3v) is 0.408. The summed E-state index contributed by atoms with van der Waals surface area (Å²) in [5.74, 6) is 0. The van der Waals surface area contributed by atoms with Crippen molar-refractivity contribution in [2.45, 2.75) is 20.1 Å². The first-order valence-electron chi connectivity index (χ1n) is 2.27. The van der Waals surface area contributed by atoms with E-state index in [2.05, 4.69) is 0 Å². The van der Waals surface area contributed by atoms with Crippen molar-refractivity contribution < 1.29 is 0 Å². The zero-order valence-corrected chi connectivity index (χ0v) is 3.28. The molecule has 0 nitrogen and oxygen atoms in total. The van der Waals surface area contributed by atoms with E-state index in [-0.39, 0.29) is 7.24 Å². The number of hydrogen-bond donors (Lipinski definition) is 0. The van der Waals surface area contributed by atoms with Gasteiger partial charge in [-0.05, 0) is 1.34 Å². The van der Waals surface area contributed by atoms with Crippen molar-refractivity contribution in [2.24, 2.45) is 0 Å². The van der Waals surface area contributed by atoms with E-state index in [0.717, 1.165) is 6.32 Å². The van der Waals surface area contributed by atoms with Gasteiger partial charge in [-0.25, -0.2) is 0 Å². The van der Waals surface area contributed by atoms with Crippen LogP contribution in [0.25, 0.3) is 0 Å². The van der Waals surface area contributed by atoms with E-state index in [1.54, 1.807) is 0 Å². The van der Waals surface area contributed by atoms with Crippen LogP contribution in [0.1, 0.15) is 6.92 Å². The Bertz CT molecular complexity index is 20.9. The lowest BCUT2D eigenvalue weighted by Gasteiger charge is -1.63. The molecule has 0 radical (unpaired) electrons. The Morgan fingerprint density at radius 3 is 2.50 bits per heavy atom. The van der Waals surface area contributed by atoms with Crippen molar-refractivity contribution in [1.82, 2.24) is 0 Å². The molecule has 1 heteroatoms. The van der Waals surface area contributed by atoms with Crippen LogP contribution in [0.2, 0.25) is 13.1 Å². The molecule has 0 aliphatic heterocycles. The average molecular weight is 56.9 g/mol. The van der Waals surface area contributed by atoms with E-state index in [1.165, 1.54) is 0 Å². The van der Waals surface area contributed by atoms with Gasteiger partial charge in [-0.2, -0.15) is 0 Å². The van der Waals surface area contributed by atoms with Crippen molar-refractivity contribution in [3.8, 4) is 0 Å². The SMILES string of the molecule is [2H]B(C)CC. The van der Waals surface area contributed by atoms with Crippen molar-refractivity contribution >= 4 is 7.24 Å². The monoisotopic (exact) mass is 57.1 g/mol. The van der Waals surface area contributed by atoms with Gasteiger partial charge >= 0.3 is 0 Å². The fraction of sp³-hybridized carbons (Fsp3) is 1.00. The summed E-state index contributed by atoms with van der Waals surface area (Å²) in [6, 6.07) is 0. The van der Waals surface area contributed by atoms with Gasteiger partial charge in [-0.3, -0.25) is 0 Å². The van der Waals surface area contributed by atoms with Crippen LogP contribution in [0.4, 0.5) is 0 Å². The van der Waals surface area contributed by atoms with Crippen LogP contribution in [-0.2, 0) is 0 Å². The Morgan fingerprint density at radius 1 is 2.25 bits per heavy atom. The average Bonchev–Trinajstić information content (AvgIpc) is 1.38. The minimum atomic E-state index is 0.134. The summed E-state index contributed by atoms with van der Waals surface area (Å²) in [6.45, 7) is 3.90. The predicted molar refractivity (Wildman–Crippen MR) is 23.5 cm³/mol. The molecule has 0 aromatic carbocycles. The smallest absolute Gasteiger partial charge is 0.0893 e. The lowest BCUT2D eigenvalue weighted by molar-refractivity contribution is 1.45. The van der Waals surface area contributed by atoms with Gasteiger partial charge in [0.05, 0.1) is 0 Å². The molecule has 0 saturated carbocycles. The Balaban J connectivity index is 2.54. The zero-order chi connectivity index (χ0) is 4.28. The Morgan fingerprint density at radius 2 is 2.50 bits per heavy atom. The highest BCUT2D eigenvalue weighted by molar-refractivity contribution is 6.33. The van der Waals surface area contributed by atoms with E-state index in [9.17, 15) is 0 Å². The quantitative estimate of drug-likeness (QED) is 0.392. The van der Waals surface area contributed by atoms with Crippen LogP contribution < -0.4 is 0 Å². The first-order chi connectivity index (χ1) is 2.27. The molecule has 0 unspecified atom stereocenters. The molecule has 0 aromatic rings. The molecule has 24 valence electrons. The van der Waals surface area contributed by atoms with Gasteiger partial charge in [0.25, 0.3) is 0 Å². The maximum atomic E-state index is 6.83. The predicted octanol–water partition coefficient (Wildman–Crippen LogP) is 0.909. The summed E-state index contributed by atoms with van der Waals surface area (Å²) < 4.78 is 6.83. The Kier molecular flexibility index (Phi) is 1.77. The highest BCUT2D eigenvalue weighted by atomic mass is 13.3. The molecular weight excluding hydrogens is 46.8 g/mol. The lowest BCUT2D eigenvalue weighted by Crippen LogP contribution is -1.67. The maximum absolute atomic E-state index is 6.83. The fourth-order valence-electron chi connectivity index (χ4n) is 0. The summed E-state index contributed by atoms with van der Waals surface area (Å²) in [5, 5.41) is 0. The number of rotatable bonds is 1. The third-order valence-electron chi connectivity index (χ3n) is 0.408. The molecule has 0 fully saturated rings. The highest BCUT2D eigenvalue weighted by Crippen LogP contribution is 1.64. The molecule has 4 heavy (non-hydrogen) atoms. The second kappa shape index (κ2) is 3.06. The molecule has 0 atom stereocenters. The lowest BCUT2D eigenvalue weighted by atomic mass is 9.79. The molecule has 0 N–H and O–H groups in total. The number of hydrogen-bond acceptors (Lipinski definition) is 0. The molecule has 0 aliphatic rings. The minimum absolute atomic E-state index is 0.134. The fourth-order valence-corrected chi connectivity index (χ4v) is 0. The van der Waals surface area contributed by atoms with Gasteiger partial charge < -0.3 is 0 Å². The zero-order valence-electron chi connectivity index (χ0n) is 4.28. The molecule has 0 saturated heterocycles. The topological polar surface area (TPSA) is 0 Å². The van der Waals surface area contributed by atoms with Gasteiger partial charge in [0, 0.05) is 0 Å². The first kappa shape index (κ1) is 2.31. The first-order valence-corrected chi connectivity index (χ1v) is 1.69. The molecule has 0 aliphatic carbocycles. The van der Waals surface area contributed by atoms with Crippen molar-refractivity contribution in [2.75, 3.05) is 0 Å². The molecule has 0 heterocycles. The van der Waals surface area contributed by atoms with Gasteiger partial charge in [-0.1, -0.05) is 20.1 Å². The van der Waals surface area contributed by atoms with Gasteiger partial charge in [0.1, 0.15) is 7.24 Å². The van der Waals surface area contributed by atoms with E-state index < -0.39 is 0 Å². The van der Waals surface area contributed by atoms with E-state index in [0.29, 0.717) is 0 Å². The summed E-state index contributed by atoms with van der Waals surface area (Å²) in [6.07, 6.45) is 0.972. The van der Waals surface area contributed by atoms with E-state index >= 15 is 0 Å². The van der Waals surface area contributed by atoms with Crippen molar-refractivity contribution in [3.05, 3.63) is 0 Å². The molecule has 0 bridgehead atoms. The maximum Gasteiger partial charge on any atom is 0.117 e. The third kappa shape index (κ3) is 2.06.